The van der Waals surface area contributed by atoms with Gasteiger partial charge in [-0.2, -0.15) is 0 Å². The Kier molecular flexibility index (Phi) is 4.30. The molecule has 1 aliphatic rings. The van der Waals surface area contributed by atoms with E-state index in [-0.39, 0.29) is 5.91 Å². The molecule has 1 aromatic rings. The van der Waals surface area contributed by atoms with Gasteiger partial charge < -0.3 is 10.6 Å². The number of nitrogens with one attached hydrogen (secondary N) is 2. The molecule has 2 N–H and O–H groups in total. The summed E-state index contributed by atoms with van der Waals surface area (Å²) in [7, 11) is 0. The molecule has 1 atom stereocenters. The monoisotopic (exact) mass is 330 g/mol. The number of benzene rings is 1. The van der Waals surface area contributed by atoms with E-state index in [1.165, 1.54) is 0 Å². The van der Waals surface area contributed by atoms with E-state index in [1.807, 2.05) is 13.0 Å². The summed E-state index contributed by atoms with van der Waals surface area (Å²) in [6.45, 7) is 2.85. The number of amides is 1. The number of hydrogen-bond donors (Lipinski definition) is 2. The lowest BCUT2D eigenvalue weighted by atomic mass is 9.90. The molecular weight excluding hydrogens is 316 g/mol. The first-order valence-corrected chi connectivity index (χ1v) is 7.20. The van der Waals surface area contributed by atoms with Gasteiger partial charge in [0.2, 0.25) is 5.91 Å². The number of halogens is 2. The molecule has 2 rings (SSSR count). The van der Waals surface area contributed by atoms with Crippen LogP contribution in [-0.2, 0) is 4.79 Å². The van der Waals surface area contributed by atoms with Crippen LogP contribution in [0, 0.1) is 0 Å². The van der Waals surface area contributed by atoms with Crippen molar-refractivity contribution in [2.75, 3.05) is 11.9 Å². The third-order valence-corrected chi connectivity index (χ3v) is 4.51. The third-order valence-electron chi connectivity index (χ3n) is 3.30. The molecule has 1 amide bonds. The van der Waals surface area contributed by atoms with Crippen molar-refractivity contribution < 1.29 is 4.79 Å². The van der Waals surface area contributed by atoms with Gasteiger partial charge in [-0.25, -0.2) is 0 Å². The lowest BCUT2D eigenvalue weighted by Gasteiger charge is -2.33. The second-order valence-corrected chi connectivity index (χ2v) is 6.06. The maximum Gasteiger partial charge on any atom is 0.244 e. The van der Waals surface area contributed by atoms with Gasteiger partial charge in [0.15, 0.2) is 0 Å². The van der Waals surface area contributed by atoms with Crippen LogP contribution in [0.5, 0.6) is 0 Å². The normalized spacial score (nSPS) is 23.7. The van der Waals surface area contributed by atoms with E-state index in [1.54, 1.807) is 12.1 Å². The van der Waals surface area contributed by atoms with Crippen molar-refractivity contribution in [3.05, 3.63) is 27.7 Å². The third kappa shape index (κ3) is 3.05. The predicted octanol–water partition coefficient (Wildman–Crippen LogP) is 3.57. The second kappa shape index (κ2) is 5.59. The molecular formula is C13H16BrClN2O. The molecule has 0 saturated carbocycles. The summed E-state index contributed by atoms with van der Waals surface area (Å²) in [5.74, 6) is 0.0106. The van der Waals surface area contributed by atoms with E-state index < -0.39 is 5.54 Å². The maximum absolute atomic E-state index is 12.3. The molecule has 1 saturated heterocycles. The highest BCUT2D eigenvalue weighted by atomic mass is 79.9. The van der Waals surface area contributed by atoms with Crippen LogP contribution in [0.2, 0.25) is 5.02 Å². The average Bonchev–Trinajstić information content (AvgIpc) is 2.35. The van der Waals surface area contributed by atoms with Crippen LogP contribution in [0.15, 0.2) is 22.7 Å². The highest BCUT2D eigenvalue weighted by molar-refractivity contribution is 9.10. The maximum atomic E-state index is 12.3. The Bertz CT molecular complexity index is 458. The molecule has 0 aromatic heterocycles. The lowest BCUT2D eigenvalue weighted by Crippen LogP contribution is -2.54. The summed E-state index contributed by atoms with van der Waals surface area (Å²) in [5.41, 5.74) is 0.287. The second-order valence-electron chi connectivity index (χ2n) is 4.80. The number of hydrogen-bond acceptors (Lipinski definition) is 2. The summed E-state index contributed by atoms with van der Waals surface area (Å²) >= 11 is 9.27. The fraction of sp³-hybridized carbons (Fsp3) is 0.462. The zero-order valence-electron chi connectivity index (χ0n) is 10.2. The Labute approximate surface area is 120 Å². The quantitative estimate of drug-likeness (QED) is 0.870. The van der Waals surface area contributed by atoms with Crippen LogP contribution in [0.25, 0.3) is 0 Å². The van der Waals surface area contributed by atoms with Gasteiger partial charge in [-0.15, -0.1) is 0 Å². The largest absolute Gasteiger partial charge is 0.324 e. The Hall–Kier alpha value is -0.580. The van der Waals surface area contributed by atoms with Gasteiger partial charge in [0.1, 0.15) is 0 Å². The minimum atomic E-state index is -0.468. The van der Waals surface area contributed by atoms with Crippen molar-refractivity contribution in [3.8, 4) is 0 Å². The van der Waals surface area contributed by atoms with Gasteiger partial charge >= 0.3 is 0 Å². The van der Waals surface area contributed by atoms with Crippen LogP contribution in [0.3, 0.4) is 0 Å². The fourth-order valence-corrected chi connectivity index (χ4v) is 2.59. The number of rotatable bonds is 2. The summed E-state index contributed by atoms with van der Waals surface area (Å²) < 4.78 is 0.781. The van der Waals surface area contributed by atoms with Crippen LogP contribution in [0.4, 0.5) is 5.69 Å². The first-order chi connectivity index (χ1) is 8.51. The molecule has 0 bridgehead atoms. The summed E-state index contributed by atoms with van der Waals surface area (Å²) in [4.78, 5) is 12.3. The van der Waals surface area contributed by atoms with E-state index in [4.69, 9.17) is 11.6 Å². The van der Waals surface area contributed by atoms with E-state index >= 15 is 0 Å². The molecule has 1 aliphatic heterocycles. The summed E-state index contributed by atoms with van der Waals surface area (Å²) in [6.07, 6.45) is 3.09. The van der Waals surface area contributed by atoms with Gasteiger partial charge in [0.25, 0.3) is 0 Å². The van der Waals surface area contributed by atoms with Gasteiger partial charge in [-0.3, -0.25) is 4.79 Å². The molecule has 1 heterocycles. The van der Waals surface area contributed by atoms with Crippen LogP contribution in [-0.4, -0.2) is 18.0 Å². The Morgan fingerprint density at radius 3 is 2.89 bits per heavy atom. The SMILES string of the molecule is CC1(C(=O)Nc2ccc(Cl)c(Br)c2)CCCCN1. The van der Waals surface area contributed by atoms with Crippen molar-refractivity contribution >= 4 is 39.1 Å². The fourth-order valence-electron chi connectivity index (χ4n) is 2.09. The molecule has 18 heavy (non-hydrogen) atoms. The smallest absolute Gasteiger partial charge is 0.244 e. The molecule has 0 radical (unpaired) electrons. The Morgan fingerprint density at radius 1 is 1.50 bits per heavy atom. The molecule has 0 spiro atoms. The topological polar surface area (TPSA) is 41.1 Å². The minimum absolute atomic E-state index is 0.0106. The van der Waals surface area contributed by atoms with Gasteiger partial charge in [-0.1, -0.05) is 11.6 Å². The molecule has 1 unspecified atom stereocenters. The molecule has 0 aliphatic carbocycles. The molecule has 1 fully saturated rings. The van der Waals surface area contributed by atoms with Crippen molar-refractivity contribution in [3.63, 3.8) is 0 Å². The predicted molar refractivity (Wildman–Crippen MR) is 78.0 cm³/mol. The Morgan fingerprint density at radius 2 is 2.28 bits per heavy atom. The molecule has 98 valence electrons. The molecule has 1 aromatic carbocycles. The zero-order valence-corrected chi connectivity index (χ0v) is 12.6. The number of anilines is 1. The molecule has 3 nitrogen and oxygen atoms in total. The van der Waals surface area contributed by atoms with Crippen molar-refractivity contribution in [2.45, 2.75) is 31.7 Å². The number of piperidine rings is 1. The van der Waals surface area contributed by atoms with Gasteiger partial charge in [0, 0.05) is 10.2 Å². The van der Waals surface area contributed by atoms with Gasteiger partial charge in [0.05, 0.1) is 10.6 Å². The van der Waals surface area contributed by atoms with E-state index in [0.717, 1.165) is 36.0 Å². The highest BCUT2D eigenvalue weighted by Gasteiger charge is 2.34. The van der Waals surface area contributed by atoms with E-state index in [0.29, 0.717) is 5.02 Å². The van der Waals surface area contributed by atoms with Crippen LogP contribution >= 0.6 is 27.5 Å². The number of carbonyl (C=O) groups excluding carboxylic acids is 1. The Balaban J connectivity index is 2.08. The average molecular weight is 332 g/mol. The summed E-state index contributed by atoms with van der Waals surface area (Å²) in [6, 6.07) is 5.38. The number of carbonyl (C=O) groups is 1. The van der Waals surface area contributed by atoms with Crippen LogP contribution < -0.4 is 10.6 Å². The minimum Gasteiger partial charge on any atom is -0.324 e. The van der Waals surface area contributed by atoms with E-state index in [2.05, 4.69) is 26.6 Å². The first-order valence-electron chi connectivity index (χ1n) is 6.03. The van der Waals surface area contributed by atoms with Gasteiger partial charge in [-0.05, 0) is 66.9 Å². The van der Waals surface area contributed by atoms with E-state index in [9.17, 15) is 4.79 Å². The first kappa shape index (κ1) is 13.8. The molecule has 5 heteroatoms. The highest BCUT2D eigenvalue weighted by Crippen LogP contribution is 2.27. The summed E-state index contributed by atoms with van der Waals surface area (Å²) in [5, 5.41) is 6.86. The standard InChI is InChI=1S/C13H16BrClN2O/c1-13(6-2-3-7-16-13)12(18)17-9-4-5-11(15)10(14)8-9/h4-5,8,16H,2-3,6-7H2,1H3,(H,17,18). The lowest BCUT2D eigenvalue weighted by molar-refractivity contribution is -0.122. The van der Waals surface area contributed by atoms with Crippen molar-refractivity contribution in [2.24, 2.45) is 0 Å². The zero-order chi connectivity index (χ0) is 13.2. The van der Waals surface area contributed by atoms with Crippen molar-refractivity contribution in [1.82, 2.24) is 5.32 Å². The van der Waals surface area contributed by atoms with Crippen LogP contribution in [0.1, 0.15) is 26.2 Å². The van der Waals surface area contributed by atoms with Crippen molar-refractivity contribution in [1.29, 1.82) is 0 Å².